The zero-order valence-corrected chi connectivity index (χ0v) is 24.7. The quantitative estimate of drug-likeness (QED) is 0.189. The SMILES string of the molecule is Cc1ccc(S(=O)(=O)N(CC(=O)N/N=C\c2ccc(OCC(=O)OC(C)(C)C)cc2)c2ccc(Cl)cc2Cl)cc1. The number of halogens is 2. The molecule has 12 heteroatoms. The van der Waals surface area contributed by atoms with Crippen LogP contribution in [0, 0.1) is 6.92 Å². The molecule has 0 aliphatic rings. The van der Waals surface area contributed by atoms with Crippen LogP contribution in [0.3, 0.4) is 0 Å². The Balaban J connectivity index is 1.68. The number of carbonyl (C=O) groups excluding carboxylic acids is 2. The van der Waals surface area contributed by atoms with Crippen LogP contribution in [0.4, 0.5) is 5.69 Å². The number of hydrogen-bond acceptors (Lipinski definition) is 7. The lowest BCUT2D eigenvalue weighted by Crippen LogP contribution is -2.39. The normalized spacial score (nSPS) is 11.8. The first-order valence-corrected chi connectivity index (χ1v) is 14.3. The Morgan fingerprint density at radius 3 is 2.25 bits per heavy atom. The minimum atomic E-state index is -4.16. The molecule has 0 unspecified atom stereocenters. The van der Waals surface area contributed by atoms with Gasteiger partial charge in [0.1, 0.15) is 17.9 Å². The number of aryl methyl sites for hydroxylation is 1. The van der Waals surface area contributed by atoms with Gasteiger partial charge in [0.05, 0.1) is 21.8 Å². The monoisotopic (exact) mass is 605 g/mol. The number of esters is 1. The van der Waals surface area contributed by atoms with Crippen molar-refractivity contribution < 1.29 is 27.5 Å². The molecule has 0 saturated heterocycles. The lowest BCUT2D eigenvalue weighted by Gasteiger charge is -2.24. The number of ether oxygens (including phenoxy) is 2. The van der Waals surface area contributed by atoms with Crippen molar-refractivity contribution in [2.45, 2.75) is 38.2 Å². The zero-order chi connectivity index (χ0) is 29.5. The van der Waals surface area contributed by atoms with E-state index < -0.39 is 34.0 Å². The Labute approximate surface area is 243 Å². The van der Waals surface area contributed by atoms with Gasteiger partial charge in [0, 0.05) is 5.02 Å². The van der Waals surface area contributed by atoms with Crippen molar-refractivity contribution in [3.8, 4) is 5.75 Å². The summed E-state index contributed by atoms with van der Waals surface area (Å²) in [7, 11) is -4.16. The number of amides is 1. The topological polar surface area (TPSA) is 114 Å². The Morgan fingerprint density at radius 2 is 1.65 bits per heavy atom. The van der Waals surface area contributed by atoms with Gasteiger partial charge in [-0.3, -0.25) is 9.10 Å². The highest BCUT2D eigenvalue weighted by Crippen LogP contribution is 2.32. The highest BCUT2D eigenvalue weighted by atomic mass is 35.5. The largest absolute Gasteiger partial charge is 0.482 e. The number of hydrazone groups is 1. The molecule has 0 saturated carbocycles. The van der Waals surface area contributed by atoms with E-state index in [0.717, 1.165) is 9.87 Å². The van der Waals surface area contributed by atoms with Gasteiger partial charge in [0.25, 0.3) is 15.9 Å². The van der Waals surface area contributed by atoms with Crippen molar-refractivity contribution >= 4 is 57.0 Å². The van der Waals surface area contributed by atoms with E-state index in [9.17, 15) is 18.0 Å². The second-order valence-electron chi connectivity index (χ2n) is 9.66. The van der Waals surface area contributed by atoms with Crippen LogP contribution >= 0.6 is 23.2 Å². The van der Waals surface area contributed by atoms with Crippen LogP contribution in [0.1, 0.15) is 31.9 Å². The highest BCUT2D eigenvalue weighted by molar-refractivity contribution is 7.92. The molecule has 212 valence electrons. The van der Waals surface area contributed by atoms with Crippen LogP contribution in [0.15, 0.2) is 76.7 Å². The standard InChI is InChI=1S/C28H29Cl2N3O6S/c1-19-5-12-23(13-6-19)40(36,37)33(25-14-9-21(29)15-24(25)30)17-26(34)32-31-16-20-7-10-22(11-8-20)38-18-27(35)39-28(2,3)4/h5-16H,17-18H2,1-4H3,(H,32,34)/b31-16-. The minimum absolute atomic E-state index is 0.00519. The van der Waals surface area contributed by atoms with Crippen LogP contribution in [0.5, 0.6) is 5.75 Å². The molecule has 0 heterocycles. The van der Waals surface area contributed by atoms with Crippen molar-refractivity contribution in [3.05, 3.63) is 87.9 Å². The molecular weight excluding hydrogens is 577 g/mol. The molecule has 0 aliphatic carbocycles. The van der Waals surface area contributed by atoms with Gasteiger partial charge in [-0.2, -0.15) is 5.10 Å². The summed E-state index contributed by atoms with van der Waals surface area (Å²) in [6.07, 6.45) is 1.38. The first-order chi connectivity index (χ1) is 18.7. The van der Waals surface area contributed by atoms with Gasteiger partial charge in [-0.25, -0.2) is 18.6 Å². The summed E-state index contributed by atoms with van der Waals surface area (Å²) >= 11 is 12.3. The van der Waals surface area contributed by atoms with Crippen LogP contribution in [-0.2, 0) is 24.3 Å². The van der Waals surface area contributed by atoms with Crippen LogP contribution < -0.4 is 14.5 Å². The number of rotatable bonds is 10. The second-order valence-corrected chi connectivity index (χ2v) is 12.4. The molecule has 0 bridgehead atoms. The Bertz CT molecular complexity index is 1490. The van der Waals surface area contributed by atoms with Crippen molar-refractivity contribution in [2.24, 2.45) is 5.10 Å². The van der Waals surface area contributed by atoms with E-state index in [1.165, 1.54) is 36.5 Å². The smallest absolute Gasteiger partial charge is 0.344 e. The predicted molar refractivity (Wildman–Crippen MR) is 156 cm³/mol. The number of nitrogens with zero attached hydrogens (tertiary/aromatic N) is 2. The van der Waals surface area contributed by atoms with Gasteiger partial charge in [0.2, 0.25) is 0 Å². The Kier molecular flexibility index (Phi) is 10.2. The van der Waals surface area contributed by atoms with Gasteiger partial charge in [-0.15, -0.1) is 0 Å². The first kappa shape index (κ1) is 30.9. The van der Waals surface area contributed by atoms with E-state index in [4.69, 9.17) is 32.7 Å². The molecule has 3 aromatic rings. The third-order valence-corrected chi connectivity index (χ3v) is 7.45. The average molecular weight is 607 g/mol. The predicted octanol–water partition coefficient (Wildman–Crippen LogP) is 5.37. The molecule has 0 aromatic heterocycles. The molecular formula is C28H29Cl2N3O6S. The summed E-state index contributed by atoms with van der Waals surface area (Å²) in [5.74, 6) is -0.738. The summed E-state index contributed by atoms with van der Waals surface area (Å²) < 4.78 is 38.5. The zero-order valence-electron chi connectivity index (χ0n) is 22.4. The fraction of sp³-hybridized carbons (Fsp3) is 0.250. The summed E-state index contributed by atoms with van der Waals surface area (Å²) in [4.78, 5) is 24.6. The van der Waals surface area contributed by atoms with Gasteiger partial charge in [0.15, 0.2) is 6.61 Å². The summed E-state index contributed by atoms with van der Waals surface area (Å²) in [5, 5.41) is 4.30. The molecule has 0 aliphatic heterocycles. The first-order valence-electron chi connectivity index (χ1n) is 12.1. The molecule has 9 nitrogen and oxygen atoms in total. The Hall–Kier alpha value is -3.60. The van der Waals surface area contributed by atoms with E-state index in [1.807, 2.05) is 6.92 Å². The highest BCUT2D eigenvalue weighted by Gasteiger charge is 2.29. The average Bonchev–Trinajstić information content (AvgIpc) is 2.86. The summed E-state index contributed by atoms with van der Waals surface area (Å²) in [6, 6.07) is 17.1. The maximum Gasteiger partial charge on any atom is 0.344 e. The molecule has 0 fully saturated rings. The fourth-order valence-electron chi connectivity index (χ4n) is 3.33. The summed E-state index contributed by atoms with van der Waals surface area (Å²) in [6.45, 7) is 6.31. The number of nitrogens with one attached hydrogen (secondary N) is 1. The molecule has 0 spiro atoms. The molecule has 3 aromatic carbocycles. The second kappa shape index (κ2) is 13.2. The number of hydrogen-bond donors (Lipinski definition) is 1. The maximum absolute atomic E-state index is 13.5. The molecule has 0 atom stereocenters. The van der Waals surface area contributed by atoms with Gasteiger partial charge in [-0.1, -0.05) is 40.9 Å². The van der Waals surface area contributed by atoms with Gasteiger partial charge in [-0.05, 0) is 87.9 Å². The van der Waals surface area contributed by atoms with Crippen molar-refractivity contribution in [1.29, 1.82) is 0 Å². The van der Waals surface area contributed by atoms with Crippen LogP contribution in [0.2, 0.25) is 10.0 Å². The van der Waals surface area contributed by atoms with E-state index in [-0.39, 0.29) is 22.2 Å². The number of benzene rings is 3. The van der Waals surface area contributed by atoms with E-state index >= 15 is 0 Å². The summed E-state index contributed by atoms with van der Waals surface area (Å²) in [5.41, 5.74) is 3.32. The molecule has 0 radical (unpaired) electrons. The molecule has 40 heavy (non-hydrogen) atoms. The van der Waals surface area contributed by atoms with E-state index in [0.29, 0.717) is 16.3 Å². The molecule has 3 rings (SSSR count). The van der Waals surface area contributed by atoms with E-state index in [1.54, 1.807) is 57.2 Å². The van der Waals surface area contributed by atoms with Gasteiger partial charge < -0.3 is 9.47 Å². The minimum Gasteiger partial charge on any atom is -0.482 e. The third kappa shape index (κ3) is 8.97. The molecule has 1 N–H and O–H groups in total. The number of carbonyl (C=O) groups is 2. The number of sulfonamides is 1. The number of anilines is 1. The van der Waals surface area contributed by atoms with E-state index in [2.05, 4.69) is 10.5 Å². The maximum atomic E-state index is 13.5. The van der Waals surface area contributed by atoms with Crippen molar-refractivity contribution in [2.75, 3.05) is 17.5 Å². The Morgan fingerprint density at radius 1 is 1.00 bits per heavy atom. The van der Waals surface area contributed by atoms with Gasteiger partial charge >= 0.3 is 5.97 Å². The molecule has 1 amide bonds. The lowest BCUT2D eigenvalue weighted by atomic mass is 10.2. The lowest BCUT2D eigenvalue weighted by molar-refractivity contribution is -0.157. The van der Waals surface area contributed by atoms with Crippen LogP contribution in [0.25, 0.3) is 0 Å². The van der Waals surface area contributed by atoms with Crippen molar-refractivity contribution in [1.82, 2.24) is 5.43 Å². The fourth-order valence-corrected chi connectivity index (χ4v) is 5.33. The van der Waals surface area contributed by atoms with Crippen molar-refractivity contribution in [3.63, 3.8) is 0 Å². The van der Waals surface area contributed by atoms with Crippen LogP contribution in [-0.4, -0.2) is 45.3 Å². The third-order valence-electron chi connectivity index (χ3n) is 5.13.